The van der Waals surface area contributed by atoms with E-state index >= 15 is 0 Å². The van der Waals surface area contributed by atoms with E-state index < -0.39 is 0 Å². The van der Waals surface area contributed by atoms with E-state index in [-0.39, 0.29) is 5.16 Å². The number of rotatable bonds is 4. The van der Waals surface area contributed by atoms with Crippen molar-refractivity contribution in [2.24, 2.45) is 11.5 Å². The molecule has 0 saturated heterocycles. The molecule has 0 amide bonds. The van der Waals surface area contributed by atoms with E-state index in [9.17, 15) is 0 Å². The molecule has 0 bridgehead atoms. The quantitative estimate of drug-likeness (QED) is 0.515. The number of allylic oxidation sites excluding steroid dienone is 1. The lowest BCUT2D eigenvalue weighted by Crippen LogP contribution is -1.98. The number of halogens is 1. The van der Waals surface area contributed by atoms with Gasteiger partial charge in [-0.2, -0.15) is 0 Å². The summed E-state index contributed by atoms with van der Waals surface area (Å²) < 4.78 is 5.54. The second-order valence-electron chi connectivity index (χ2n) is 4.37. The fourth-order valence-electron chi connectivity index (χ4n) is 1.81. The third-order valence-corrected chi connectivity index (χ3v) is 2.85. The van der Waals surface area contributed by atoms with Gasteiger partial charge in [-0.25, -0.2) is 0 Å². The first kappa shape index (κ1) is 14.2. The lowest BCUT2D eigenvalue weighted by atomic mass is 10.1. The monoisotopic (exact) mass is 289 g/mol. The van der Waals surface area contributed by atoms with Crippen LogP contribution >= 0.6 is 11.6 Å². The van der Waals surface area contributed by atoms with Crippen molar-refractivity contribution in [3.63, 3.8) is 0 Å². The Bertz CT molecular complexity index is 676. The Morgan fingerprint density at radius 1 is 1.35 bits per heavy atom. The SMILES string of the molecule is Cc1ccc2cc(COC(/C=C(\N)Cl)=C/N)ccc2n1. The van der Waals surface area contributed by atoms with E-state index in [2.05, 4.69) is 4.98 Å². The highest BCUT2D eigenvalue weighted by Crippen LogP contribution is 2.16. The van der Waals surface area contributed by atoms with E-state index in [1.165, 1.54) is 12.3 Å². The Hall–Kier alpha value is -2.20. The topological polar surface area (TPSA) is 74.2 Å². The summed E-state index contributed by atoms with van der Waals surface area (Å²) in [6, 6.07) is 9.99. The molecule has 0 aliphatic carbocycles. The Labute approximate surface area is 122 Å². The molecule has 2 aromatic rings. The highest BCUT2D eigenvalue weighted by atomic mass is 35.5. The maximum atomic E-state index is 5.58. The Morgan fingerprint density at radius 3 is 2.85 bits per heavy atom. The molecule has 4 N–H and O–H groups in total. The Morgan fingerprint density at radius 2 is 2.15 bits per heavy atom. The smallest absolute Gasteiger partial charge is 0.138 e. The molecule has 5 heteroatoms. The molecule has 1 aromatic heterocycles. The number of hydrogen-bond donors (Lipinski definition) is 2. The van der Waals surface area contributed by atoms with Gasteiger partial charge in [0.2, 0.25) is 0 Å². The highest BCUT2D eigenvalue weighted by Gasteiger charge is 2.01. The average molecular weight is 290 g/mol. The molecule has 0 radical (unpaired) electrons. The van der Waals surface area contributed by atoms with Gasteiger partial charge in [0.05, 0.1) is 5.52 Å². The van der Waals surface area contributed by atoms with Crippen molar-refractivity contribution in [1.82, 2.24) is 4.98 Å². The molecule has 0 aliphatic heterocycles. The number of fused-ring (bicyclic) bond motifs is 1. The van der Waals surface area contributed by atoms with Gasteiger partial charge >= 0.3 is 0 Å². The van der Waals surface area contributed by atoms with E-state index in [0.29, 0.717) is 12.4 Å². The summed E-state index contributed by atoms with van der Waals surface area (Å²) in [5.74, 6) is 0.430. The van der Waals surface area contributed by atoms with E-state index in [1.807, 2.05) is 37.3 Å². The van der Waals surface area contributed by atoms with Gasteiger partial charge in [0.15, 0.2) is 0 Å². The predicted octanol–water partition coefficient (Wildman–Crippen LogP) is 2.90. The van der Waals surface area contributed by atoms with Crippen LogP contribution < -0.4 is 11.5 Å². The van der Waals surface area contributed by atoms with Crippen molar-refractivity contribution in [3.05, 3.63) is 64.8 Å². The fourth-order valence-corrected chi connectivity index (χ4v) is 1.91. The zero-order chi connectivity index (χ0) is 14.5. The summed E-state index contributed by atoms with van der Waals surface area (Å²) in [6.45, 7) is 2.35. The first-order chi connectivity index (χ1) is 9.58. The molecule has 0 fully saturated rings. The van der Waals surface area contributed by atoms with Crippen LogP contribution in [0.25, 0.3) is 10.9 Å². The lowest BCUT2D eigenvalue weighted by Gasteiger charge is -2.08. The number of pyridine rings is 1. The first-order valence-electron chi connectivity index (χ1n) is 6.12. The maximum Gasteiger partial charge on any atom is 0.138 e. The largest absolute Gasteiger partial charge is 0.487 e. The van der Waals surface area contributed by atoms with Crippen LogP contribution in [0.5, 0.6) is 0 Å². The zero-order valence-electron chi connectivity index (χ0n) is 11.1. The molecule has 0 saturated carbocycles. The molecule has 4 nitrogen and oxygen atoms in total. The molecule has 20 heavy (non-hydrogen) atoms. The van der Waals surface area contributed by atoms with Crippen LogP contribution in [0, 0.1) is 6.92 Å². The minimum Gasteiger partial charge on any atom is -0.487 e. The highest BCUT2D eigenvalue weighted by molar-refractivity contribution is 6.29. The van der Waals surface area contributed by atoms with Crippen LogP contribution in [0.4, 0.5) is 0 Å². The van der Waals surface area contributed by atoms with Gasteiger partial charge in [0.1, 0.15) is 17.5 Å². The fraction of sp³-hybridized carbons (Fsp3) is 0.133. The number of nitrogens with two attached hydrogens (primary N) is 2. The molecule has 1 aromatic carbocycles. The zero-order valence-corrected chi connectivity index (χ0v) is 11.9. The van der Waals surface area contributed by atoms with E-state index in [0.717, 1.165) is 22.2 Å². The van der Waals surface area contributed by atoms with Gasteiger partial charge in [0.25, 0.3) is 0 Å². The molecule has 0 atom stereocenters. The number of nitrogens with zero attached hydrogens (tertiary/aromatic N) is 1. The summed E-state index contributed by atoms with van der Waals surface area (Å²) in [4.78, 5) is 4.45. The van der Waals surface area contributed by atoms with E-state index in [1.54, 1.807) is 0 Å². The van der Waals surface area contributed by atoms with Crippen LogP contribution in [0.1, 0.15) is 11.3 Å². The molecule has 0 unspecified atom stereocenters. The molecular formula is C15H16ClN3O. The van der Waals surface area contributed by atoms with Crippen LogP contribution in [-0.2, 0) is 11.3 Å². The number of aromatic nitrogens is 1. The minimum absolute atomic E-state index is 0.125. The standard InChI is InChI=1S/C15H16ClN3O/c1-10-2-4-12-6-11(3-5-14(12)19-10)9-20-13(8-17)7-15(16)18/h2-8H,9,17-18H2,1H3/b13-8+,15-7-. The molecule has 0 aliphatic rings. The summed E-state index contributed by atoms with van der Waals surface area (Å²) in [5.41, 5.74) is 13.8. The van der Waals surface area contributed by atoms with Crippen molar-refractivity contribution >= 4 is 22.5 Å². The Balaban J connectivity index is 2.14. The van der Waals surface area contributed by atoms with Gasteiger partial charge in [-0.3, -0.25) is 4.98 Å². The van der Waals surface area contributed by atoms with Gasteiger partial charge in [-0.15, -0.1) is 0 Å². The van der Waals surface area contributed by atoms with Crippen LogP contribution in [0.3, 0.4) is 0 Å². The molecule has 104 valence electrons. The van der Waals surface area contributed by atoms with Crippen molar-refractivity contribution in [3.8, 4) is 0 Å². The molecular weight excluding hydrogens is 274 g/mol. The molecule has 0 spiro atoms. The van der Waals surface area contributed by atoms with Crippen LogP contribution in [-0.4, -0.2) is 4.98 Å². The normalized spacial score (nSPS) is 12.7. The molecule has 2 rings (SSSR count). The number of benzene rings is 1. The van der Waals surface area contributed by atoms with Crippen LogP contribution in [0.2, 0.25) is 0 Å². The van der Waals surface area contributed by atoms with Gasteiger partial charge < -0.3 is 16.2 Å². The van der Waals surface area contributed by atoms with Crippen molar-refractivity contribution in [1.29, 1.82) is 0 Å². The first-order valence-corrected chi connectivity index (χ1v) is 6.50. The minimum atomic E-state index is 0.125. The number of aryl methyl sites for hydroxylation is 1. The van der Waals surface area contributed by atoms with Gasteiger partial charge in [-0.1, -0.05) is 23.7 Å². The summed E-state index contributed by atoms with van der Waals surface area (Å²) in [5, 5.41) is 1.20. The maximum absolute atomic E-state index is 5.58. The Kier molecular flexibility index (Phi) is 4.48. The third kappa shape index (κ3) is 3.65. The summed E-state index contributed by atoms with van der Waals surface area (Å²) >= 11 is 5.58. The van der Waals surface area contributed by atoms with Crippen molar-refractivity contribution in [2.75, 3.05) is 0 Å². The lowest BCUT2D eigenvalue weighted by molar-refractivity contribution is 0.210. The van der Waals surface area contributed by atoms with Gasteiger partial charge in [-0.05, 0) is 30.7 Å². The van der Waals surface area contributed by atoms with Gasteiger partial charge in [0, 0.05) is 23.4 Å². The molecule has 1 heterocycles. The van der Waals surface area contributed by atoms with Crippen molar-refractivity contribution < 1.29 is 4.74 Å². The summed E-state index contributed by atoms with van der Waals surface area (Å²) in [6.07, 6.45) is 2.79. The van der Waals surface area contributed by atoms with Crippen molar-refractivity contribution in [2.45, 2.75) is 13.5 Å². The summed E-state index contributed by atoms with van der Waals surface area (Å²) in [7, 11) is 0. The predicted molar refractivity (Wildman–Crippen MR) is 81.7 cm³/mol. The number of hydrogen-bond acceptors (Lipinski definition) is 4. The second-order valence-corrected chi connectivity index (χ2v) is 4.80. The average Bonchev–Trinajstić information content (AvgIpc) is 2.43. The second kappa shape index (κ2) is 6.30. The van der Waals surface area contributed by atoms with E-state index in [4.69, 9.17) is 27.8 Å². The van der Waals surface area contributed by atoms with Crippen LogP contribution in [0.15, 0.2) is 53.5 Å². The number of ether oxygens (including phenoxy) is 1. The third-order valence-electron chi connectivity index (χ3n) is 2.74.